The van der Waals surface area contributed by atoms with Crippen LogP contribution in [0.5, 0.6) is 5.75 Å². The summed E-state index contributed by atoms with van der Waals surface area (Å²) >= 11 is 0. The summed E-state index contributed by atoms with van der Waals surface area (Å²) in [4.78, 5) is 31.4. The molecule has 2 amide bonds. The van der Waals surface area contributed by atoms with Crippen LogP contribution >= 0.6 is 0 Å². The third-order valence-electron chi connectivity index (χ3n) is 8.23. The Balaban J connectivity index is 1.06. The molecule has 222 valence electrons. The lowest BCUT2D eigenvalue weighted by Crippen LogP contribution is -2.49. The number of hydrogen-bond acceptors (Lipinski definition) is 8. The lowest BCUT2D eigenvalue weighted by atomic mass is 10.0. The van der Waals surface area contributed by atoms with Crippen LogP contribution in [0.3, 0.4) is 0 Å². The van der Waals surface area contributed by atoms with Crippen molar-refractivity contribution in [1.29, 1.82) is 0 Å². The topological polar surface area (TPSA) is 115 Å². The minimum Gasteiger partial charge on any atom is -0.494 e. The summed E-state index contributed by atoms with van der Waals surface area (Å²) in [5.41, 5.74) is 7.06. The van der Waals surface area contributed by atoms with Crippen molar-refractivity contribution in [1.82, 2.24) is 30.4 Å². The lowest BCUT2D eigenvalue weighted by Gasteiger charge is -2.36. The lowest BCUT2D eigenvalue weighted by molar-refractivity contribution is 0.0207. The molecule has 1 aromatic heterocycles. The number of benzene rings is 2. The van der Waals surface area contributed by atoms with Gasteiger partial charge >= 0.3 is 6.03 Å². The van der Waals surface area contributed by atoms with E-state index in [1.54, 1.807) is 11.1 Å². The first-order valence-corrected chi connectivity index (χ1v) is 14.8. The predicted octanol–water partition coefficient (Wildman–Crippen LogP) is 3.45. The number of urea groups is 1. The van der Waals surface area contributed by atoms with Crippen LogP contribution in [-0.4, -0.2) is 108 Å². The number of nitrogens with zero attached hydrogens (tertiary/aromatic N) is 4. The minimum absolute atomic E-state index is 0.166. The quantitative estimate of drug-likeness (QED) is 0.261. The fourth-order valence-electron chi connectivity index (χ4n) is 5.86. The van der Waals surface area contributed by atoms with Crippen LogP contribution in [0.1, 0.15) is 36.2 Å². The van der Waals surface area contributed by atoms with Crippen molar-refractivity contribution in [3.05, 3.63) is 53.6 Å². The molecule has 3 heterocycles. The maximum Gasteiger partial charge on any atom is 0.333 e. The molecule has 11 heteroatoms. The molecule has 11 nitrogen and oxygen atoms in total. The van der Waals surface area contributed by atoms with Crippen molar-refractivity contribution in [2.45, 2.75) is 26.3 Å². The SMILES string of the molecule is CC(C)N1CCN(CCCOc2ccc(-c3n[nH]c4c3C(=O)c3c(NC(=O)NN5CCOCC5)cccc3-4)cc2)CC1. The Morgan fingerprint density at radius 2 is 1.79 bits per heavy atom. The molecule has 2 aliphatic heterocycles. The van der Waals surface area contributed by atoms with E-state index in [2.05, 4.69) is 44.6 Å². The van der Waals surface area contributed by atoms with Crippen molar-refractivity contribution in [2.75, 3.05) is 71.0 Å². The van der Waals surface area contributed by atoms with Gasteiger partial charge in [-0.2, -0.15) is 5.10 Å². The summed E-state index contributed by atoms with van der Waals surface area (Å²) in [6.07, 6.45) is 0.976. The molecule has 42 heavy (non-hydrogen) atoms. The molecule has 0 spiro atoms. The summed E-state index contributed by atoms with van der Waals surface area (Å²) in [6.45, 7) is 13.1. The number of H-pyrrole nitrogens is 1. The molecule has 6 rings (SSSR count). The van der Waals surface area contributed by atoms with Crippen molar-refractivity contribution in [3.63, 3.8) is 0 Å². The highest BCUT2D eigenvalue weighted by molar-refractivity contribution is 6.26. The van der Waals surface area contributed by atoms with Crippen LogP contribution in [0.2, 0.25) is 0 Å². The second kappa shape index (κ2) is 12.6. The second-order valence-corrected chi connectivity index (χ2v) is 11.2. The number of morpholine rings is 1. The van der Waals surface area contributed by atoms with Gasteiger partial charge in [-0.15, -0.1) is 0 Å². The number of hydrogen-bond donors (Lipinski definition) is 3. The summed E-state index contributed by atoms with van der Waals surface area (Å²) in [6, 6.07) is 13.4. The van der Waals surface area contributed by atoms with E-state index < -0.39 is 6.03 Å². The fraction of sp³-hybridized carbons (Fsp3) is 0.452. The smallest absolute Gasteiger partial charge is 0.333 e. The van der Waals surface area contributed by atoms with E-state index in [4.69, 9.17) is 9.47 Å². The maximum atomic E-state index is 13.7. The molecule has 0 radical (unpaired) electrons. The van der Waals surface area contributed by atoms with Crippen molar-refractivity contribution < 1.29 is 19.1 Å². The summed E-state index contributed by atoms with van der Waals surface area (Å²) in [5, 5.41) is 12.2. The maximum absolute atomic E-state index is 13.7. The Hall–Kier alpha value is -3.77. The highest BCUT2D eigenvalue weighted by atomic mass is 16.5. The standard InChI is InChI=1S/C31H39N7O4/c1-21(2)37-14-12-36(13-15-37)11-4-18-42-23-9-7-22(8-10-23)28-27-29(34-33-28)24-5-3-6-25(26(24)30(27)39)32-31(40)35-38-16-19-41-20-17-38/h3,5-10,21H,4,11-20H2,1-2H3,(H,33,34)(H2,32,35,40). The van der Waals surface area contributed by atoms with E-state index in [1.807, 2.05) is 36.4 Å². The monoisotopic (exact) mass is 573 g/mol. The molecule has 1 aliphatic carbocycles. The number of rotatable bonds is 9. The first kappa shape index (κ1) is 28.4. The highest BCUT2D eigenvalue weighted by Crippen LogP contribution is 2.43. The van der Waals surface area contributed by atoms with Gasteiger partial charge in [0.1, 0.15) is 11.4 Å². The van der Waals surface area contributed by atoms with Gasteiger partial charge in [0.25, 0.3) is 0 Å². The molecule has 0 bridgehead atoms. The number of piperazine rings is 1. The minimum atomic E-state index is -0.392. The molecular weight excluding hydrogens is 534 g/mol. The largest absolute Gasteiger partial charge is 0.494 e. The fourth-order valence-corrected chi connectivity index (χ4v) is 5.86. The zero-order valence-electron chi connectivity index (χ0n) is 24.3. The normalized spacial score (nSPS) is 17.7. The van der Waals surface area contributed by atoms with Gasteiger partial charge in [0.2, 0.25) is 0 Å². The Morgan fingerprint density at radius 3 is 2.52 bits per heavy atom. The number of ketones is 1. The molecule has 3 N–H and O–H groups in total. The predicted molar refractivity (Wildman–Crippen MR) is 161 cm³/mol. The summed E-state index contributed by atoms with van der Waals surface area (Å²) < 4.78 is 11.3. The van der Waals surface area contributed by atoms with E-state index >= 15 is 0 Å². The zero-order chi connectivity index (χ0) is 29.1. The van der Waals surface area contributed by atoms with Gasteiger partial charge in [-0.05, 0) is 50.6 Å². The summed E-state index contributed by atoms with van der Waals surface area (Å²) in [5.74, 6) is 0.628. The third kappa shape index (κ3) is 6.05. The molecule has 2 saturated heterocycles. The molecule has 3 aliphatic rings. The first-order valence-electron chi connectivity index (χ1n) is 14.8. The molecule has 2 aromatic carbocycles. The summed E-state index contributed by atoms with van der Waals surface area (Å²) in [7, 11) is 0. The Morgan fingerprint density at radius 1 is 1.02 bits per heavy atom. The number of aromatic nitrogens is 2. The van der Waals surface area contributed by atoms with Crippen LogP contribution in [0.4, 0.5) is 10.5 Å². The molecule has 3 aromatic rings. The number of amides is 2. The van der Waals surface area contributed by atoms with Crippen LogP contribution in [0, 0.1) is 0 Å². The molecule has 2 fully saturated rings. The van der Waals surface area contributed by atoms with Crippen molar-refractivity contribution in [3.8, 4) is 28.3 Å². The van der Waals surface area contributed by atoms with Crippen LogP contribution in [-0.2, 0) is 4.74 Å². The average molecular weight is 574 g/mol. The van der Waals surface area contributed by atoms with Gasteiger partial charge < -0.3 is 19.7 Å². The van der Waals surface area contributed by atoms with Gasteiger partial charge in [0, 0.05) is 63.0 Å². The van der Waals surface area contributed by atoms with Gasteiger partial charge in [0.05, 0.1) is 42.3 Å². The van der Waals surface area contributed by atoms with Gasteiger partial charge in [-0.25, -0.2) is 9.80 Å². The number of anilines is 1. The number of aromatic amines is 1. The van der Waals surface area contributed by atoms with Crippen LogP contribution in [0.25, 0.3) is 22.5 Å². The first-order chi connectivity index (χ1) is 20.5. The Labute approximate surface area is 246 Å². The number of ether oxygens (including phenoxy) is 2. The third-order valence-corrected chi connectivity index (χ3v) is 8.23. The Bertz CT molecular complexity index is 1410. The van der Waals surface area contributed by atoms with Gasteiger partial charge in [0.15, 0.2) is 5.78 Å². The molecular formula is C31H39N7O4. The van der Waals surface area contributed by atoms with Crippen LogP contribution in [0.15, 0.2) is 42.5 Å². The van der Waals surface area contributed by atoms with E-state index in [0.29, 0.717) is 67.2 Å². The van der Waals surface area contributed by atoms with Crippen LogP contribution < -0.4 is 15.5 Å². The van der Waals surface area contributed by atoms with Crippen molar-refractivity contribution in [2.24, 2.45) is 0 Å². The molecule has 0 atom stereocenters. The van der Waals surface area contributed by atoms with E-state index in [0.717, 1.165) is 56.0 Å². The number of carbonyl (C=O) groups excluding carboxylic acids is 2. The molecule has 0 unspecified atom stereocenters. The second-order valence-electron chi connectivity index (χ2n) is 11.2. The molecule has 0 saturated carbocycles. The highest BCUT2D eigenvalue weighted by Gasteiger charge is 2.35. The van der Waals surface area contributed by atoms with Gasteiger partial charge in [-0.3, -0.25) is 20.2 Å². The van der Waals surface area contributed by atoms with Gasteiger partial charge in [-0.1, -0.05) is 12.1 Å². The Kier molecular flexibility index (Phi) is 8.52. The van der Waals surface area contributed by atoms with E-state index in [-0.39, 0.29) is 5.78 Å². The van der Waals surface area contributed by atoms with E-state index in [1.165, 1.54) is 0 Å². The number of carbonyl (C=O) groups is 2. The number of fused-ring (bicyclic) bond motifs is 3. The van der Waals surface area contributed by atoms with Crippen molar-refractivity contribution >= 4 is 17.5 Å². The zero-order valence-corrected chi connectivity index (χ0v) is 24.3. The number of hydrazine groups is 1. The average Bonchev–Trinajstić information content (AvgIpc) is 3.56. The van der Waals surface area contributed by atoms with E-state index in [9.17, 15) is 9.59 Å². The number of nitrogens with one attached hydrogen (secondary N) is 3.